The molecule has 5 heteroatoms. The van der Waals surface area contributed by atoms with Crippen LogP contribution in [0.4, 0.5) is 0 Å². The summed E-state index contributed by atoms with van der Waals surface area (Å²) in [5.41, 5.74) is 0.804. The van der Waals surface area contributed by atoms with Crippen molar-refractivity contribution in [1.29, 1.82) is 0 Å². The van der Waals surface area contributed by atoms with Gasteiger partial charge in [-0.25, -0.2) is 4.98 Å². The summed E-state index contributed by atoms with van der Waals surface area (Å²) in [6.45, 7) is 5.16. The lowest BCUT2D eigenvalue weighted by atomic mass is 10.2. The maximum Gasteiger partial charge on any atom is 0.106 e. The van der Waals surface area contributed by atoms with Crippen LogP contribution in [0, 0.1) is 0 Å². The Morgan fingerprint density at radius 1 is 1.28 bits per heavy atom. The Bertz CT molecular complexity index is 335. The monoisotopic (exact) mass is 253 g/mol. The van der Waals surface area contributed by atoms with Gasteiger partial charge in [0, 0.05) is 19.5 Å². The van der Waals surface area contributed by atoms with Crippen LogP contribution >= 0.6 is 0 Å². The molecule has 0 atom stereocenters. The summed E-state index contributed by atoms with van der Waals surface area (Å²) in [7, 11) is 0. The van der Waals surface area contributed by atoms with E-state index in [1.165, 1.54) is 19.4 Å². The Morgan fingerprint density at radius 2 is 2.11 bits per heavy atom. The third kappa shape index (κ3) is 4.40. The fourth-order valence-electron chi connectivity index (χ4n) is 2.24. The summed E-state index contributed by atoms with van der Waals surface area (Å²) < 4.78 is 5.32. The lowest BCUT2D eigenvalue weighted by Gasteiger charge is -2.26. The van der Waals surface area contributed by atoms with Crippen LogP contribution in [0.15, 0.2) is 6.20 Å². The van der Waals surface area contributed by atoms with Gasteiger partial charge in [-0.15, -0.1) is 0 Å². The molecule has 1 aromatic rings. The maximum absolute atomic E-state index is 8.92. The summed E-state index contributed by atoms with van der Waals surface area (Å²) in [4.78, 5) is 9.82. The molecule has 0 spiro atoms. The third-order valence-corrected chi connectivity index (χ3v) is 3.34. The number of aliphatic hydroxyl groups excluding tert-OH is 1. The number of aromatic nitrogens is 2. The molecule has 0 radical (unpaired) electrons. The molecule has 2 heterocycles. The van der Waals surface area contributed by atoms with Crippen LogP contribution in [-0.2, 0) is 17.8 Å². The standard InChI is InChI=1S/C13H23N3O2/c17-11-12-10-14-13(15-12)4-2-1-3-5-16-6-8-18-9-7-16/h10,17H,1-9,11H2,(H,14,15). The molecule has 1 aliphatic heterocycles. The smallest absolute Gasteiger partial charge is 0.106 e. The van der Waals surface area contributed by atoms with E-state index in [9.17, 15) is 0 Å². The van der Waals surface area contributed by atoms with Gasteiger partial charge in [0.2, 0.25) is 0 Å². The highest BCUT2D eigenvalue weighted by atomic mass is 16.5. The molecule has 5 nitrogen and oxygen atoms in total. The quantitative estimate of drug-likeness (QED) is 0.710. The summed E-state index contributed by atoms with van der Waals surface area (Å²) in [5.74, 6) is 0.991. The number of nitrogens with zero attached hydrogens (tertiary/aromatic N) is 2. The van der Waals surface area contributed by atoms with Crippen LogP contribution < -0.4 is 0 Å². The SMILES string of the molecule is OCc1cnc(CCCCCN2CCOCC2)[nH]1. The predicted octanol–water partition coefficient (Wildman–Crippen LogP) is 0.947. The Balaban J connectivity index is 1.52. The van der Waals surface area contributed by atoms with Gasteiger partial charge in [0.25, 0.3) is 0 Å². The number of aliphatic hydroxyl groups is 1. The Kier molecular flexibility index (Phi) is 5.64. The summed E-state index contributed by atoms with van der Waals surface area (Å²) in [5, 5.41) is 8.92. The molecule has 0 amide bonds. The van der Waals surface area contributed by atoms with Crippen LogP contribution in [0.25, 0.3) is 0 Å². The van der Waals surface area contributed by atoms with Crippen LogP contribution in [0.1, 0.15) is 30.8 Å². The number of unbranched alkanes of at least 4 members (excludes halogenated alkanes) is 2. The van der Waals surface area contributed by atoms with Gasteiger partial charge in [0.05, 0.1) is 31.7 Å². The summed E-state index contributed by atoms with van der Waals surface area (Å²) in [6, 6.07) is 0. The lowest BCUT2D eigenvalue weighted by Crippen LogP contribution is -2.36. The number of imidazole rings is 1. The van der Waals surface area contributed by atoms with Crippen molar-refractivity contribution in [2.24, 2.45) is 0 Å². The lowest BCUT2D eigenvalue weighted by molar-refractivity contribution is 0.0371. The van der Waals surface area contributed by atoms with Crippen molar-refractivity contribution in [3.8, 4) is 0 Å². The zero-order valence-electron chi connectivity index (χ0n) is 10.9. The van der Waals surface area contributed by atoms with E-state index in [1.54, 1.807) is 6.20 Å². The molecule has 0 unspecified atom stereocenters. The van der Waals surface area contributed by atoms with Crippen molar-refractivity contribution in [2.45, 2.75) is 32.3 Å². The first-order chi connectivity index (χ1) is 8.88. The molecule has 2 N–H and O–H groups in total. The van der Waals surface area contributed by atoms with E-state index in [1.807, 2.05) is 0 Å². The van der Waals surface area contributed by atoms with Gasteiger partial charge in [-0.2, -0.15) is 0 Å². The average Bonchev–Trinajstić information content (AvgIpc) is 2.87. The molecule has 1 aromatic heterocycles. The normalized spacial score (nSPS) is 17.2. The Hall–Kier alpha value is -0.910. The van der Waals surface area contributed by atoms with Crippen molar-refractivity contribution in [3.63, 3.8) is 0 Å². The highest BCUT2D eigenvalue weighted by Crippen LogP contribution is 2.06. The second-order valence-electron chi connectivity index (χ2n) is 4.78. The van der Waals surface area contributed by atoms with Crippen molar-refractivity contribution in [1.82, 2.24) is 14.9 Å². The fraction of sp³-hybridized carbons (Fsp3) is 0.769. The van der Waals surface area contributed by atoms with E-state index in [0.29, 0.717) is 0 Å². The number of ether oxygens (including phenoxy) is 1. The zero-order valence-corrected chi connectivity index (χ0v) is 10.9. The number of morpholine rings is 1. The number of H-pyrrole nitrogens is 1. The van der Waals surface area contributed by atoms with E-state index in [-0.39, 0.29) is 6.61 Å². The first-order valence-electron chi connectivity index (χ1n) is 6.82. The van der Waals surface area contributed by atoms with Crippen molar-refractivity contribution >= 4 is 0 Å². The molecule has 2 rings (SSSR count). The Morgan fingerprint density at radius 3 is 2.83 bits per heavy atom. The molecule has 18 heavy (non-hydrogen) atoms. The maximum atomic E-state index is 8.92. The van der Waals surface area contributed by atoms with Gasteiger partial charge in [0.15, 0.2) is 0 Å². The topological polar surface area (TPSA) is 61.4 Å². The second-order valence-corrected chi connectivity index (χ2v) is 4.78. The van der Waals surface area contributed by atoms with Crippen molar-refractivity contribution in [3.05, 3.63) is 17.7 Å². The second kappa shape index (κ2) is 7.51. The number of nitrogens with one attached hydrogen (secondary N) is 1. The first kappa shape index (κ1) is 13.5. The van der Waals surface area contributed by atoms with Gasteiger partial charge >= 0.3 is 0 Å². The highest BCUT2D eigenvalue weighted by molar-refractivity contribution is 4.99. The van der Waals surface area contributed by atoms with Gasteiger partial charge < -0.3 is 14.8 Å². The molecular weight excluding hydrogens is 230 g/mol. The van der Waals surface area contributed by atoms with E-state index in [0.717, 1.165) is 50.7 Å². The minimum atomic E-state index is 0.0457. The molecule has 0 aliphatic carbocycles. The third-order valence-electron chi connectivity index (χ3n) is 3.34. The summed E-state index contributed by atoms with van der Waals surface area (Å²) in [6.07, 6.45) is 6.31. The number of hydrogen-bond acceptors (Lipinski definition) is 4. The fourth-order valence-corrected chi connectivity index (χ4v) is 2.24. The molecule has 0 bridgehead atoms. The molecule has 1 saturated heterocycles. The minimum Gasteiger partial charge on any atom is -0.390 e. The molecule has 102 valence electrons. The van der Waals surface area contributed by atoms with E-state index in [2.05, 4.69) is 14.9 Å². The Labute approximate surface area is 108 Å². The predicted molar refractivity (Wildman–Crippen MR) is 69.3 cm³/mol. The van der Waals surface area contributed by atoms with Gasteiger partial charge in [-0.3, -0.25) is 4.90 Å². The van der Waals surface area contributed by atoms with E-state index in [4.69, 9.17) is 9.84 Å². The first-order valence-corrected chi connectivity index (χ1v) is 6.82. The number of rotatable bonds is 7. The van der Waals surface area contributed by atoms with Crippen LogP contribution in [0.5, 0.6) is 0 Å². The van der Waals surface area contributed by atoms with Crippen LogP contribution in [0.2, 0.25) is 0 Å². The number of aryl methyl sites for hydroxylation is 1. The van der Waals surface area contributed by atoms with Crippen molar-refractivity contribution < 1.29 is 9.84 Å². The molecule has 0 saturated carbocycles. The van der Waals surface area contributed by atoms with Crippen LogP contribution in [0.3, 0.4) is 0 Å². The molecule has 1 fully saturated rings. The minimum absolute atomic E-state index is 0.0457. The van der Waals surface area contributed by atoms with E-state index >= 15 is 0 Å². The molecular formula is C13H23N3O2. The molecule has 0 aromatic carbocycles. The van der Waals surface area contributed by atoms with E-state index < -0.39 is 0 Å². The number of aromatic amines is 1. The van der Waals surface area contributed by atoms with Gasteiger partial charge in [0.1, 0.15) is 5.82 Å². The average molecular weight is 253 g/mol. The van der Waals surface area contributed by atoms with Gasteiger partial charge in [-0.1, -0.05) is 6.42 Å². The van der Waals surface area contributed by atoms with Gasteiger partial charge in [-0.05, 0) is 19.4 Å². The van der Waals surface area contributed by atoms with Crippen molar-refractivity contribution in [2.75, 3.05) is 32.8 Å². The highest BCUT2D eigenvalue weighted by Gasteiger charge is 2.09. The number of hydrogen-bond donors (Lipinski definition) is 2. The summed E-state index contributed by atoms with van der Waals surface area (Å²) >= 11 is 0. The largest absolute Gasteiger partial charge is 0.390 e. The molecule has 1 aliphatic rings. The zero-order chi connectivity index (χ0) is 12.6. The van der Waals surface area contributed by atoms with Crippen LogP contribution in [-0.4, -0.2) is 52.8 Å².